The maximum absolute atomic E-state index is 12.4. The normalized spacial score (nSPS) is 17.2. The van der Waals surface area contributed by atoms with E-state index in [0.717, 1.165) is 0 Å². The van der Waals surface area contributed by atoms with E-state index in [9.17, 15) is 13.2 Å². The van der Waals surface area contributed by atoms with Crippen LogP contribution in [-0.4, -0.2) is 43.6 Å². The fraction of sp³-hybridized carbons (Fsp3) is 0.875. The molecule has 8 heteroatoms. The first-order valence-corrected chi connectivity index (χ1v) is 4.47. The van der Waals surface area contributed by atoms with Gasteiger partial charge in [-0.15, -0.1) is 0 Å². The van der Waals surface area contributed by atoms with E-state index in [4.69, 9.17) is 20.4 Å². The van der Waals surface area contributed by atoms with E-state index in [1.54, 1.807) is 6.92 Å². The summed E-state index contributed by atoms with van der Waals surface area (Å²) in [4.78, 5) is 0. The van der Waals surface area contributed by atoms with E-state index in [1.165, 1.54) is 7.11 Å². The van der Waals surface area contributed by atoms with Gasteiger partial charge in [-0.2, -0.15) is 13.2 Å². The van der Waals surface area contributed by atoms with Crippen molar-refractivity contribution in [1.29, 1.82) is 0 Å². The van der Waals surface area contributed by atoms with Crippen molar-refractivity contribution < 1.29 is 27.9 Å². The SMILES string of the molecule is COCC(C)OCC(C(N)=NO)C(F)(F)F. The molecular weight excluding hydrogens is 229 g/mol. The first kappa shape index (κ1) is 15.0. The van der Waals surface area contributed by atoms with E-state index < -0.39 is 30.6 Å². The van der Waals surface area contributed by atoms with Crippen molar-refractivity contribution in [3.8, 4) is 0 Å². The van der Waals surface area contributed by atoms with Crippen LogP contribution in [0, 0.1) is 5.92 Å². The van der Waals surface area contributed by atoms with E-state index in [0.29, 0.717) is 0 Å². The van der Waals surface area contributed by atoms with E-state index in [2.05, 4.69) is 5.16 Å². The summed E-state index contributed by atoms with van der Waals surface area (Å²) >= 11 is 0. The Bertz CT molecular complexity index is 233. The molecule has 0 aliphatic carbocycles. The molecule has 0 saturated carbocycles. The number of rotatable bonds is 6. The lowest BCUT2D eigenvalue weighted by molar-refractivity contribution is -0.173. The topological polar surface area (TPSA) is 77.1 Å². The molecule has 5 nitrogen and oxygen atoms in total. The zero-order valence-corrected chi connectivity index (χ0v) is 8.99. The zero-order valence-electron chi connectivity index (χ0n) is 8.99. The number of methoxy groups -OCH3 is 1. The molecule has 0 aliphatic rings. The van der Waals surface area contributed by atoms with Gasteiger partial charge in [0.05, 0.1) is 19.3 Å². The highest BCUT2D eigenvalue weighted by Crippen LogP contribution is 2.26. The Labute approximate surface area is 91.0 Å². The monoisotopic (exact) mass is 244 g/mol. The lowest BCUT2D eigenvalue weighted by Gasteiger charge is -2.21. The fourth-order valence-electron chi connectivity index (χ4n) is 0.961. The molecule has 2 atom stereocenters. The third-order valence-corrected chi connectivity index (χ3v) is 1.82. The van der Waals surface area contributed by atoms with Gasteiger partial charge >= 0.3 is 6.18 Å². The minimum Gasteiger partial charge on any atom is -0.409 e. The minimum atomic E-state index is -4.61. The summed E-state index contributed by atoms with van der Waals surface area (Å²) in [6.07, 6.45) is -5.11. The molecule has 16 heavy (non-hydrogen) atoms. The number of halogens is 3. The second-order valence-electron chi connectivity index (χ2n) is 3.22. The van der Waals surface area contributed by atoms with Crippen molar-refractivity contribution in [2.45, 2.75) is 19.2 Å². The summed E-state index contributed by atoms with van der Waals surface area (Å²) in [6, 6.07) is 0. The summed E-state index contributed by atoms with van der Waals surface area (Å²) in [5.41, 5.74) is 4.93. The van der Waals surface area contributed by atoms with Gasteiger partial charge in [-0.25, -0.2) is 0 Å². The summed E-state index contributed by atoms with van der Waals surface area (Å²) in [5.74, 6) is -3.03. The van der Waals surface area contributed by atoms with E-state index in [1.807, 2.05) is 0 Å². The molecule has 0 heterocycles. The van der Waals surface area contributed by atoms with Crippen molar-refractivity contribution in [2.24, 2.45) is 16.8 Å². The molecular formula is C8H15F3N2O3. The van der Waals surface area contributed by atoms with Gasteiger partial charge in [-0.3, -0.25) is 0 Å². The van der Waals surface area contributed by atoms with Crippen LogP contribution in [-0.2, 0) is 9.47 Å². The molecule has 3 N–H and O–H groups in total. The molecule has 0 radical (unpaired) electrons. The van der Waals surface area contributed by atoms with Gasteiger partial charge in [0.2, 0.25) is 0 Å². The third-order valence-electron chi connectivity index (χ3n) is 1.82. The quantitative estimate of drug-likeness (QED) is 0.316. The molecule has 0 aromatic rings. The van der Waals surface area contributed by atoms with Crippen molar-refractivity contribution in [3.05, 3.63) is 0 Å². The van der Waals surface area contributed by atoms with Gasteiger partial charge in [-0.1, -0.05) is 5.16 Å². The fourth-order valence-corrected chi connectivity index (χ4v) is 0.961. The van der Waals surface area contributed by atoms with Crippen molar-refractivity contribution >= 4 is 5.84 Å². The second-order valence-corrected chi connectivity index (χ2v) is 3.22. The van der Waals surface area contributed by atoms with Crippen LogP contribution in [0.3, 0.4) is 0 Å². The minimum absolute atomic E-state index is 0.167. The first-order chi connectivity index (χ1) is 7.32. The number of oxime groups is 1. The summed E-state index contributed by atoms with van der Waals surface area (Å²) in [5, 5.41) is 10.6. The van der Waals surface area contributed by atoms with Crippen LogP contribution in [0.1, 0.15) is 6.92 Å². The van der Waals surface area contributed by atoms with Crippen LogP contribution >= 0.6 is 0 Å². The molecule has 0 fully saturated rings. The molecule has 96 valence electrons. The molecule has 0 bridgehead atoms. The number of ether oxygens (including phenoxy) is 2. The molecule has 0 saturated heterocycles. The highest BCUT2D eigenvalue weighted by atomic mass is 19.4. The summed E-state index contributed by atoms with van der Waals surface area (Å²) in [7, 11) is 1.41. The van der Waals surface area contributed by atoms with Gasteiger partial charge < -0.3 is 20.4 Å². The number of nitrogens with two attached hydrogens (primary N) is 1. The Kier molecular flexibility index (Phi) is 6.12. The average molecular weight is 244 g/mol. The van der Waals surface area contributed by atoms with Gasteiger partial charge in [0, 0.05) is 7.11 Å². The highest BCUT2D eigenvalue weighted by molar-refractivity contribution is 5.83. The molecule has 0 rings (SSSR count). The van der Waals surface area contributed by atoms with Crippen molar-refractivity contribution in [2.75, 3.05) is 20.3 Å². The standard InChI is InChI=1S/C8H15F3N2O3/c1-5(3-15-2)16-4-6(7(12)13-14)8(9,10)11/h5-6,14H,3-4H2,1-2H3,(H2,12,13). The largest absolute Gasteiger partial charge is 0.409 e. The van der Waals surface area contributed by atoms with Crippen LogP contribution in [0.2, 0.25) is 0 Å². The lowest BCUT2D eigenvalue weighted by Crippen LogP contribution is -2.40. The second kappa shape index (κ2) is 6.54. The first-order valence-electron chi connectivity index (χ1n) is 4.47. The van der Waals surface area contributed by atoms with Crippen molar-refractivity contribution in [3.63, 3.8) is 0 Å². The van der Waals surface area contributed by atoms with Crippen LogP contribution in [0.15, 0.2) is 5.16 Å². The number of alkyl halides is 3. The molecule has 0 amide bonds. The van der Waals surface area contributed by atoms with Gasteiger partial charge in [0.15, 0.2) is 5.84 Å². The number of amidine groups is 1. The predicted molar refractivity (Wildman–Crippen MR) is 50.2 cm³/mol. The molecule has 0 aliphatic heterocycles. The van der Waals surface area contributed by atoms with Gasteiger partial charge in [0.1, 0.15) is 5.92 Å². The van der Waals surface area contributed by atoms with Crippen LogP contribution < -0.4 is 5.73 Å². The molecule has 2 unspecified atom stereocenters. The van der Waals surface area contributed by atoms with Crippen molar-refractivity contribution in [1.82, 2.24) is 0 Å². The maximum atomic E-state index is 12.4. The molecule has 0 spiro atoms. The highest BCUT2D eigenvalue weighted by Gasteiger charge is 2.43. The van der Waals surface area contributed by atoms with Crippen LogP contribution in [0.4, 0.5) is 13.2 Å². The Balaban J connectivity index is 4.35. The third kappa shape index (κ3) is 5.17. The Morgan fingerprint density at radius 1 is 1.44 bits per heavy atom. The molecule has 0 aromatic heterocycles. The van der Waals surface area contributed by atoms with Gasteiger partial charge in [0.25, 0.3) is 0 Å². The average Bonchev–Trinajstić information content (AvgIpc) is 2.16. The van der Waals surface area contributed by atoms with Gasteiger partial charge in [-0.05, 0) is 6.92 Å². The zero-order chi connectivity index (χ0) is 12.8. The van der Waals surface area contributed by atoms with Crippen LogP contribution in [0.25, 0.3) is 0 Å². The Hall–Kier alpha value is -1.02. The Morgan fingerprint density at radius 2 is 2.00 bits per heavy atom. The Morgan fingerprint density at radius 3 is 2.38 bits per heavy atom. The van der Waals surface area contributed by atoms with E-state index in [-0.39, 0.29) is 6.61 Å². The summed E-state index contributed by atoms with van der Waals surface area (Å²) in [6.45, 7) is 1.02. The molecule has 0 aromatic carbocycles. The number of nitrogens with zero attached hydrogens (tertiary/aromatic N) is 1. The lowest BCUT2D eigenvalue weighted by atomic mass is 10.1. The van der Waals surface area contributed by atoms with Crippen LogP contribution in [0.5, 0.6) is 0 Å². The summed E-state index contributed by atoms with van der Waals surface area (Å²) < 4.78 is 46.8. The number of hydrogen-bond acceptors (Lipinski definition) is 4. The van der Waals surface area contributed by atoms with E-state index >= 15 is 0 Å². The maximum Gasteiger partial charge on any atom is 0.401 e. The smallest absolute Gasteiger partial charge is 0.401 e. The predicted octanol–water partition coefficient (Wildman–Crippen LogP) is 0.963. The number of hydrogen-bond donors (Lipinski definition) is 2.